The number of piperazine rings is 1. The summed E-state index contributed by atoms with van der Waals surface area (Å²) in [6.07, 6.45) is 6.80. The van der Waals surface area contributed by atoms with Crippen LogP contribution in [0.2, 0.25) is 0 Å². The number of anilines is 1. The lowest BCUT2D eigenvalue weighted by atomic mass is 10.1. The zero-order valence-electron chi connectivity index (χ0n) is 16.7. The van der Waals surface area contributed by atoms with Gasteiger partial charge in [-0.3, -0.25) is 19.5 Å². The van der Waals surface area contributed by atoms with Crippen molar-refractivity contribution in [3.8, 4) is 0 Å². The monoisotopic (exact) mass is 432 g/mol. The molecule has 3 aromatic rings. The molecule has 9 heteroatoms. The first-order chi connectivity index (χ1) is 15.2. The van der Waals surface area contributed by atoms with Crippen molar-refractivity contribution in [3.05, 3.63) is 76.6 Å². The van der Waals surface area contributed by atoms with E-state index in [0.29, 0.717) is 43.4 Å². The van der Waals surface area contributed by atoms with Crippen LogP contribution in [-0.4, -0.2) is 62.7 Å². The summed E-state index contributed by atoms with van der Waals surface area (Å²) >= 11 is 1.47. The Bertz CT molecular complexity index is 1110. The van der Waals surface area contributed by atoms with Gasteiger partial charge in [0.2, 0.25) is 5.95 Å². The van der Waals surface area contributed by atoms with Crippen molar-refractivity contribution >= 4 is 34.7 Å². The number of pyridine rings is 1. The number of carbonyl (C=O) groups excluding carboxylic acids is 2. The predicted molar refractivity (Wildman–Crippen MR) is 117 cm³/mol. The Balaban J connectivity index is 1.42. The average Bonchev–Trinajstić information content (AvgIpc) is 3.43. The number of aromatic nitrogens is 3. The minimum absolute atomic E-state index is 0.210. The van der Waals surface area contributed by atoms with Gasteiger partial charge in [0.15, 0.2) is 0 Å². The summed E-state index contributed by atoms with van der Waals surface area (Å²) in [5.41, 5.74) is 1.81. The van der Waals surface area contributed by atoms with Crippen LogP contribution in [0.25, 0.3) is 5.57 Å². The Kier molecular flexibility index (Phi) is 5.17. The van der Waals surface area contributed by atoms with Crippen LogP contribution < -0.4 is 4.90 Å². The smallest absolute Gasteiger partial charge is 0.278 e. The molecule has 5 rings (SSSR count). The summed E-state index contributed by atoms with van der Waals surface area (Å²) in [4.78, 5) is 45.8. The number of hydrogen-bond acceptors (Lipinski definition) is 8. The molecule has 2 aliphatic rings. The molecule has 0 aliphatic carbocycles. The molecule has 0 saturated carbocycles. The number of carbonyl (C=O) groups is 2. The third-order valence-corrected chi connectivity index (χ3v) is 6.29. The number of imide groups is 1. The van der Waals surface area contributed by atoms with Crippen LogP contribution in [0.15, 0.2) is 66.2 Å². The van der Waals surface area contributed by atoms with E-state index in [1.54, 1.807) is 36.9 Å². The fourth-order valence-electron chi connectivity index (χ4n) is 3.90. The molecule has 0 atom stereocenters. The van der Waals surface area contributed by atoms with E-state index in [1.165, 1.54) is 16.2 Å². The molecule has 0 bridgehead atoms. The summed E-state index contributed by atoms with van der Waals surface area (Å²) in [7, 11) is 0. The molecule has 1 saturated heterocycles. The molecule has 1 fully saturated rings. The van der Waals surface area contributed by atoms with Gasteiger partial charge in [0.25, 0.3) is 11.8 Å². The van der Waals surface area contributed by atoms with E-state index in [2.05, 4.69) is 19.9 Å². The molecule has 2 aliphatic heterocycles. The second-order valence-electron chi connectivity index (χ2n) is 7.28. The lowest BCUT2D eigenvalue weighted by Gasteiger charge is -2.36. The van der Waals surface area contributed by atoms with Crippen LogP contribution >= 0.6 is 11.3 Å². The van der Waals surface area contributed by atoms with Gasteiger partial charge in [-0.05, 0) is 29.1 Å². The number of rotatable bonds is 5. The fourth-order valence-corrected chi connectivity index (χ4v) is 4.66. The van der Waals surface area contributed by atoms with Crippen molar-refractivity contribution in [2.75, 3.05) is 31.1 Å². The van der Waals surface area contributed by atoms with Crippen molar-refractivity contribution in [2.24, 2.45) is 0 Å². The SMILES string of the molecule is O=C1C(c2cccs2)=C(N2CCN(c3ncccn3)CC2)C(=O)N1Cc1cccnc1. The third-order valence-electron chi connectivity index (χ3n) is 5.41. The first-order valence-electron chi connectivity index (χ1n) is 10.0. The lowest BCUT2D eigenvalue weighted by molar-refractivity contribution is -0.138. The molecule has 156 valence electrons. The van der Waals surface area contributed by atoms with Crippen LogP contribution in [0.5, 0.6) is 0 Å². The first-order valence-corrected chi connectivity index (χ1v) is 10.9. The van der Waals surface area contributed by atoms with E-state index >= 15 is 0 Å². The molecule has 8 nitrogen and oxygen atoms in total. The fraction of sp³-hybridized carbons (Fsp3) is 0.227. The van der Waals surface area contributed by atoms with E-state index in [9.17, 15) is 9.59 Å². The van der Waals surface area contributed by atoms with Crippen LogP contribution in [0.1, 0.15) is 10.4 Å². The van der Waals surface area contributed by atoms with E-state index in [0.717, 1.165) is 10.4 Å². The van der Waals surface area contributed by atoms with E-state index < -0.39 is 0 Å². The molecule has 5 heterocycles. The van der Waals surface area contributed by atoms with Crippen molar-refractivity contribution in [1.82, 2.24) is 24.8 Å². The summed E-state index contributed by atoms with van der Waals surface area (Å²) in [5.74, 6) is 0.184. The summed E-state index contributed by atoms with van der Waals surface area (Å²) in [5, 5.41) is 1.92. The Morgan fingerprint density at radius 1 is 0.871 bits per heavy atom. The van der Waals surface area contributed by atoms with Crippen molar-refractivity contribution in [3.63, 3.8) is 0 Å². The van der Waals surface area contributed by atoms with Gasteiger partial charge in [0.05, 0.1) is 12.1 Å². The molecule has 3 aromatic heterocycles. The topological polar surface area (TPSA) is 82.5 Å². The zero-order chi connectivity index (χ0) is 21.2. The highest BCUT2D eigenvalue weighted by Gasteiger charge is 2.42. The van der Waals surface area contributed by atoms with Crippen molar-refractivity contribution in [1.29, 1.82) is 0 Å². The minimum Gasteiger partial charge on any atom is -0.363 e. The molecule has 0 N–H and O–H groups in total. The molecular weight excluding hydrogens is 412 g/mol. The highest BCUT2D eigenvalue weighted by Crippen LogP contribution is 2.35. The summed E-state index contributed by atoms with van der Waals surface area (Å²) < 4.78 is 0. The Hall–Kier alpha value is -3.59. The maximum atomic E-state index is 13.4. The largest absolute Gasteiger partial charge is 0.363 e. The lowest BCUT2D eigenvalue weighted by Crippen LogP contribution is -2.48. The summed E-state index contributed by atoms with van der Waals surface area (Å²) in [6, 6.07) is 9.26. The van der Waals surface area contributed by atoms with E-state index in [4.69, 9.17) is 0 Å². The maximum absolute atomic E-state index is 13.4. The zero-order valence-corrected chi connectivity index (χ0v) is 17.5. The van der Waals surface area contributed by atoms with Crippen LogP contribution in [-0.2, 0) is 16.1 Å². The highest BCUT2D eigenvalue weighted by atomic mass is 32.1. The van der Waals surface area contributed by atoms with Crippen molar-refractivity contribution < 1.29 is 9.59 Å². The standard InChI is InChI=1S/C22H20N6O2S/c29-20-18(17-5-2-13-31-17)19(21(30)28(20)15-16-4-1-6-23-14-16)26-9-11-27(12-10-26)22-24-7-3-8-25-22/h1-8,13-14H,9-12,15H2. The van der Waals surface area contributed by atoms with Gasteiger partial charge in [0, 0.05) is 55.8 Å². The van der Waals surface area contributed by atoms with Crippen LogP contribution in [0, 0.1) is 0 Å². The predicted octanol–water partition coefficient (Wildman–Crippen LogP) is 2.04. The third kappa shape index (κ3) is 3.68. The van der Waals surface area contributed by atoms with E-state index in [1.807, 2.05) is 28.5 Å². The molecule has 31 heavy (non-hydrogen) atoms. The quantitative estimate of drug-likeness (QED) is 0.571. The minimum atomic E-state index is -0.250. The first kappa shape index (κ1) is 19.4. The molecule has 0 aromatic carbocycles. The van der Waals surface area contributed by atoms with Gasteiger partial charge in [-0.15, -0.1) is 11.3 Å². The normalized spacial score (nSPS) is 17.1. The van der Waals surface area contributed by atoms with Gasteiger partial charge >= 0.3 is 0 Å². The van der Waals surface area contributed by atoms with Gasteiger partial charge < -0.3 is 9.80 Å². The maximum Gasteiger partial charge on any atom is 0.278 e. The Labute approximate surface area is 183 Å². The Morgan fingerprint density at radius 2 is 1.65 bits per heavy atom. The van der Waals surface area contributed by atoms with Crippen molar-refractivity contribution in [2.45, 2.75) is 6.54 Å². The second kappa shape index (κ2) is 8.27. The number of nitrogens with zero attached hydrogens (tertiary/aromatic N) is 6. The van der Waals surface area contributed by atoms with Gasteiger partial charge in [-0.1, -0.05) is 12.1 Å². The number of amides is 2. The van der Waals surface area contributed by atoms with Crippen LogP contribution in [0.4, 0.5) is 5.95 Å². The van der Waals surface area contributed by atoms with Gasteiger partial charge in [0.1, 0.15) is 5.70 Å². The molecule has 2 amide bonds. The Morgan fingerprint density at radius 3 is 2.32 bits per heavy atom. The number of thiophene rings is 1. The molecule has 0 unspecified atom stereocenters. The highest BCUT2D eigenvalue weighted by molar-refractivity contribution is 7.11. The average molecular weight is 433 g/mol. The second-order valence-corrected chi connectivity index (χ2v) is 8.23. The molecular formula is C22H20N6O2S. The van der Waals surface area contributed by atoms with E-state index in [-0.39, 0.29) is 18.4 Å². The molecule has 0 spiro atoms. The van der Waals surface area contributed by atoms with Crippen LogP contribution in [0.3, 0.4) is 0 Å². The number of hydrogen-bond donors (Lipinski definition) is 0. The molecule has 0 radical (unpaired) electrons. The van der Waals surface area contributed by atoms with Gasteiger partial charge in [-0.25, -0.2) is 9.97 Å². The summed E-state index contributed by atoms with van der Waals surface area (Å²) in [6.45, 7) is 2.79. The van der Waals surface area contributed by atoms with Gasteiger partial charge in [-0.2, -0.15) is 0 Å².